The summed E-state index contributed by atoms with van der Waals surface area (Å²) >= 11 is 0. The molecule has 2 nitrogen and oxygen atoms in total. The highest BCUT2D eigenvalue weighted by molar-refractivity contribution is 5.07. The predicted octanol–water partition coefficient (Wildman–Crippen LogP) is 1.67. The van der Waals surface area contributed by atoms with Crippen LogP contribution in [0.1, 0.15) is 19.8 Å². The Balaban J connectivity index is 2.15. The molecule has 0 radical (unpaired) electrons. The van der Waals surface area contributed by atoms with E-state index in [1.54, 1.807) is 0 Å². The number of hydrogen-bond acceptors (Lipinski definition) is 2. The molecule has 70 valence electrons. The van der Waals surface area contributed by atoms with Crippen LogP contribution in [0.15, 0.2) is 11.6 Å². The van der Waals surface area contributed by atoms with Gasteiger partial charge in [0.05, 0.1) is 6.61 Å². The van der Waals surface area contributed by atoms with E-state index in [1.807, 2.05) is 0 Å². The van der Waals surface area contributed by atoms with E-state index in [4.69, 9.17) is 4.74 Å². The third-order valence-electron chi connectivity index (χ3n) is 2.14. The Morgan fingerprint density at radius 1 is 1.58 bits per heavy atom. The maximum Gasteiger partial charge on any atom is 0.0677 e. The van der Waals surface area contributed by atoms with Gasteiger partial charge in [-0.2, -0.15) is 0 Å². The highest BCUT2D eigenvalue weighted by Gasteiger charge is 2.06. The topological polar surface area (TPSA) is 12.5 Å². The van der Waals surface area contributed by atoms with Crippen molar-refractivity contribution < 1.29 is 4.74 Å². The van der Waals surface area contributed by atoms with Gasteiger partial charge in [0.1, 0.15) is 0 Å². The second-order valence-electron chi connectivity index (χ2n) is 3.43. The van der Waals surface area contributed by atoms with Gasteiger partial charge in [-0.15, -0.1) is 0 Å². The monoisotopic (exact) mass is 169 g/mol. The summed E-state index contributed by atoms with van der Waals surface area (Å²) in [7, 11) is 2.15. The minimum atomic E-state index is 0.849. The Hall–Kier alpha value is -0.340. The number of ether oxygens (including phenoxy) is 1. The summed E-state index contributed by atoms with van der Waals surface area (Å²) in [4.78, 5) is 2.32. The van der Waals surface area contributed by atoms with E-state index in [1.165, 1.54) is 18.5 Å². The molecular formula is C10H19NO. The highest BCUT2D eigenvalue weighted by Crippen LogP contribution is 2.09. The lowest BCUT2D eigenvalue weighted by molar-refractivity contribution is 0.151. The quantitative estimate of drug-likeness (QED) is 0.469. The van der Waals surface area contributed by atoms with E-state index in [9.17, 15) is 0 Å². The molecule has 0 saturated carbocycles. The number of nitrogens with zero attached hydrogens (tertiary/aromatic N) is 1. The van der Waals surface area contributed by atoms with Crippen LogP contribution < -0.4 is 0 Å². The minimum absolute atomic E-state index is 0.849. The van der Waals surface area contributed by atoms with Gasteiger partial charge in [0.2, 0.25) is 0 Å². The maximum absolute atomic E-state index is 5.47. The Labute approximate surface area is 75.2 Å². The zero-order chi connectivity index (χ0) is 8.81. The molecule has 0 bridgehead atoms. The van der Waals surface area contributed by atoms with Crippen molar-refractivity contribution in [2.45, 2.75) is 19.8 Å². The van der Waals surface area contributed by atoms with Crippen molar-refractivity contribution in [3.8, 4) is 0 Å². The van der Waals surface area contributed by atoms with Crippen molar-refractivity contribution in [2.24, 2.45) is 0 Å². The summed E-state index contributed by atoms with van der Waals surface area (Å²) in [6, 6.07) is 0. The molecule has 0 amide bonds. The number of rotatable bonds is 4. The van der Waals surface area contributed by atoms with Gasteiger partial charge in [0.15, 0.2) is 0 Å². The maximum atomic E-state index is 5.47. The predicted molar refractivity (Wildman–Crippen MR) is 51.3 cm³/mol. The van der Waals surface area contributed by atoms with Crippen LogP contribution in [0.25, 0.3) is 0 Å². The molecule has 1 rings (SSSR count). The largest absolute Gasteiger partial charge is 0.377 e. The smallest absolute Gasteiger partial charge is 0.0677 e. The molecule has 0 aromatic heterocycles. The standard InChI is InChI=1S/C10H19NO/c1-3-8-12-9-10-4-6-11(2)7-5-10/h4H,3,5-9H2,1-2H3. The van der Waals surface area contributed by atoms with Gasteiger partial charge < -0.3 is 9.64 Å². The van der Waals surface area contributed by atoms with Crippen molar-refractivity contribution in [1.82, 2.24) is 4.90 Å². The summed E-state index contributed by atoms with van der Waals surface area (Å²) in [5.41, 5.74) is 1.47. The highest BCUT2D eigenvalue weighted by atomic mass is 16.5. The summed E-state index contributed by atoms with van der Waals surface area (Å²) in [6.45, 7) is 6.16. The summed E-state index contributed by atoms with van der Waals surface area (Å²) in [5.74, 6) is 0. The van der Waals surface area contributed by atoms with Crippen molar-refractivity contribution >= 4 is 0 Å². The molecule has 0 aliphatic carbocycles. The van der Waals surface area contributed by atoms with E-state index in [-0.39, 0.29) is 0 Å². The van der Waals surface area contributed by atoms with Gasteiger partial charge in [-0.1, -0.05) is 13.0 Å². The second kappa shape index (κ2) is 5.33. The zero-order valence-electron chi connectivity index (χ0n) is 8.18. The summed E-state index contributed by atoms with van der Waals surface area (Å²) < 4.78 is 5.47. The summed E-state index contributed by atoms with van der Waals surface area (Å²) in [5, 5.41) is 0. The fourth-order valence-corrected chi connectivity index (χ4v) is 1.29. The van der Waals surface area contributed by atoms with Crippen LogP contribution in [0.2, 0.25) is 0 Å². The van der Waals surface area contributed by atoms with E-state index in [0.29, 0.717) is 0 Å². The van der Waals surface area contributed by atoms with Crippen molar-refractivity contribution in [3.63, 3.8) is 0 Å². The van der Waals surface area contributed by atoms with Gasteiger partial charge in [-0.25, -0.2) is 0 Å². The van der Waals surface area contributed by atoms with E-state index in [2.05, 4.69) is 24.9 Å². The Kier molecular flexibility index (Phi) is 4.33. The fourth-order valence-electron chi connectivity index (χ4n) is 1.29. The van der Waals surface area contributed by atoms with Crippen LogP contribution in [0.3, 0.4) is 0 Å². The molecule has 0 atom stereocenters. The molecule has 1 heterocycles. The molecule has 0 fully saturated rings. The Morgan fingerprint density at radius 3 is 3.00 bits per heavy atom. The molecule has 2 heteroatoms. The van der Waals surface area contributed by atoms with Crippen LogP contribution in [0.4, 0.5) is 0 Å². The van der Waals surface area contributed by atoms with Crippen LogP contribution in [-0.4, -0.2) is 38.3 Å². The van der Waals surface area contributed by atoms with Crippen LogP contribution >= 0.6 is 0 Å². The van der Waals surface area contributed by atoms with E-state index < -0.39 is 0 Å². The van der Waals surface area contributed by atoms with Crippen molar-refractivity contribution in [1.29, 1.82) is 0 Å². The number of likely N-dealkylation sites (N-methyl/N-ethyl adjacent to an activating group) is 1. The molecule has 0 spiro atoms. The normalized spacial score (nSPS) is 19.3. The molecule has 1 aliphatic heterocycles. The van der Waals surface area contributed by atoms with Crippen molar-refractivity contribution in [3.05, 3.63) is 11.6 Å². The third-order valence-corrected chi connectivity index (χ3v) is 2.14. The summed E-state index contributed by atoms with van der Waals surface area (Å²) in [6.07, 6.45) is 4.59. The van der Waals surface area contributed by atoms with Crippen LogP contribution in [-0.2, 0) is 4.74 Å². The lowest BCUT2D eigenvalue weighted by Crippen LogP contribution is -2.25. The molecule has 0 aromatic carbocycles. The lowest BCUT2D eigenvalue weighted by atomic mass is 10.1. The minimum Gasteiger partial charge on any atom is -0.377 e. The van der Waals surface area contributed by atoms with E-state index >= 15 is 0 Å². The van der Waals surface area contributed by atoms with Gasteiger partial charge in [0, 0.05) is 19.7 Å². The zero-order valence-corrected chi connectivity index (χ0v) is 8.18. The first-order valence-corrected chi connectivity index (χ1v) is 4.77. The number of hydrogen-bond donors (Lipinski definition) is 0. The average Bonchev–Trinajstić information content (AvgIpc) is 2.09. The molecular weight excluding hydrogens is 150 g/mol. The first-order valence-electron chi connectivity index (χ1n) is 4.77. The molecule has 0 saturated heterocycles. The van der Waals surface area contributed by atoms with Gasteiger partial charge in [-0.3, -0.25) is 0 Å². The Morgan fingerprint density at radius 2 is 2.42 bits per heavy atom. The molecule has 12 heavy (non-hydrogen) atoms. The second-order valence-corrected chi connectivity index (χ2v) is 3.43. The SMILES string of the molecule is CCCOCC1=CCN(C)CC1. The fraction of sp³-hybridized carbons (Fsp3) is 0.800. The van der Waals surface area contributed by atoms with Gasteiger partial charge in [-0.05, 0) is 25.5 Å². The molecule has 1 aliphatic rings. The van der Waals surface area contributed by atoms with Crippen molar-refractivity contribution in [2.75, 3.05) is 33.4 Å². The van der Waals surface area contributed by atoms with E-state index in [0.717, 1.165) is 26.2 Å². The average molecular weight is 169 g/mol. The molecule has 0 unspecified atom stereocenters. The molecule has 0 N–H and O–H groups in total. The first-order chi connectivity index (χ1) is 5.83. The van der Waals surface area contributed by atoms with Gasteiger partial charge >= 0.3 is 0 Å². The van der Waals surface area contributed by atoms with Crippen LogP contribution in [0, 0.1) is 0 Å². The molecule has 0 aromatic rings. The van der Waals surface area contributed by atoms with Gasteiger partial charge in [0.25, 0.3) is 0 Å². The first kappa shape index (κ1) is 9.75. The third kappa shape index (κ3) is 3.37. The van der Waals surface area contributed by atoms with Crippen LogP contribution in [0.5, 0.6) is 0 Å². The lowest BCUT2D eigenvalue weighted by Gasteiger charge is -2.21. The Bertz CT molecular complexity index is 154.